The van der Waals surface area contributed by atoms with Crippen molar-refractivity contribution in [3.05, 3.63) is 0 Å². The van der Waals surface area contributed by atoms with Crippen molar-refractivity contribution in [3.8, 4) is 0 Å². The van der Waals surface area contributed by atoms with Gasteiger partial charge in [-0.1, -0.05) is 0 Å². The van der Waals surface area contributed by atoms with Crippen LogP contribution in [0.15, 0.2) is 0 Å². The molecule has 2 bridgehead atoms. The lowest BCUT2D eigenvalue weighted by Crippen LogP contribution is -2.58. The minimum Gasteiger partial charge on any atom is -0.469 e. The van der Waals surface area contributed by atoms with Gasteiger partial charge in [0.25, 0.3) is 0 Å². The first kappa shape index (κ1) is 7.10. The lowest BCUT2D eigenvalue weighted by molar-refractivity contribution is -0.164. The zero-order valence-electron chi connectivity index (χ0n) is 6.72. The molecule has 0 radical (unpaired) electrons. The summed E-state index contributed by atoms with van der Waals surface area (Å²) in [4.78, 5) is 11.3. The summed E-state index contributed by atoms with van der Waals surface area (Å²) in [6.07, 6.45) is 2.07. The molecule has 3 fully saturated rings. The number of carbonyl (C=O) groups excluding carboxylic acids is 1. The SMILES string of the molecule is COC(=O)C12CNCC(C1)C2. The van der Waals surface area contributed by atoms with E-state index in [-0.39, 0.29) is 11.4 Å². The second-order valence-electron chi connectivity index (χ2n) is 3.68. The third-order valence-electron chi connectivity index (χ3n) is 2.87. The van der Waals surface area contributed by atoms with E-state index < -0.39 is 0 Å². The first-order valence-corrected chi connectivity index (χ1v) is 4.06. The monoisotopic (exact) mass is 155 g/mol. The minimum atomic E-state index is -0.141. The van der Waals surface area contributed by atoms with Crippen molar-refractivity contribution in [3.63, 3.8) is 0 Å². The average molecular weight is 155 g/mol. The summed E-state index contributed by atoms with van der Waals surface area (Å²) < 4.78 is 4.75. The highest BCUT2D eigenvalue weighted by atomic mass is 16.5. The Morgan fingerprint density at radius 2 is 2.36 bits per heavy atom. The summed E-state index contributed by atoms with van der Waals surface area (Å²) in [6, 6.07) is 0. The van der Waals surface area contributed by atoms with Crippen LogP contribution in [-0.4, -0.2) is 26.2 Å². The number of fused-ring (bicyclic) bond motifs is 2. The Hall–Kier alpha value is -0.570. The van der Waals surface area contributed by atoms with E-state index in [9.17, 15) is 4.79 Å². The Morgan fingerprint density at radius 1 is 1.64 bits per heavy atom. The third kappa shape index (κ3) is 0.872. The fraction of sp³-hybridized carbons (Fsp3) is 0.875. The zero-order chi connectivity index (χ0) is 7.90. The molecule has 0 aromatic rings. The van der Waals surface area contributed by atoms with E-state index in [4.69, 9.17) is 4.74 Å². The van der Waals surface area contributed by atoms with Crippen LogP contribution in [-0.2, 0) is 9.53 Å². The largest absolute Gasteiger partial charge is 0.469 e. The van der Waals surface area contributed by atoms with Crippen LogP contribution < -0.4 is 5.32 Å². The Bertz CT molecular complexity index is 179. The minimum absolute atomic E-state index is 0.0269. The van der Waals surface area contributed by atoms with Crippen molar-refractivity contribution in [2.45, 2.75) is 12.8 Å². The Balaban J connectivity index is 2.06. The summed E-state index contributed by atoms with van der Waals surface area (Å²) in [5.74, 6) is 0.698. The van der Waals surface area contributed by atoms with Gasteiger partial charge in [0, 0.05) is 6.54 Å². The molecule has 2 heterocycles. The van der Waals surface area contributed by atoms with Gasteiger partial charge in [-0.3, -0.25) is 4.79 Å². The molecule has 0 amide bonds. The number of carbonyl (C=O) groups is 1. The predicted molar refractivity (Wildman–Crippen MR) is 40.0 cm³/mol. The first-order valence-electron chi connectivity index (χ1n) is 4.06. The Kier molecular flexibility index (Phi) is 1.42. The lowest BCUT2D eigenvalue weighted by atomic mass is 9.59. The number of rotatable bonds is 1. The smallest absolute Gasteiger partial charge is 0.313 e. The molecule has 62 valence electrons. The van der Waals surface area contributed by atoms with E-state index in [2.05, 4.69) is 5.32 Å². The topological polar surface area (TPSA) is 38.3 Å². The van der Waals surface area contributed by atoms with Crippen molar-refractivity contribution < 1.29 is 9.53 Å². The standard InChI is InChI=1S/C8H13NO2/c1-11-7(10)8-2-6(3-8)4-9-5-8/h6,9H,2-5H2,1H3. The van der Waals surface area contributed by atoms with E-state index in [1.54, 1.807) is 0 Å². The van der Waals surface area contributed by atoms with Crippen molar-refractivity contribution in [2.24, 2.45) is 11.3 Å². The second kappa shape index (κ2) is 2.21. The number of esters is 1. The maximum absolute atomic E-state index is 11.3. The molecule has 1 aliphatic carbocycles. The number of piperidine rings is 2. The molecule has 2 aliphatic heterocycles. The maximum atomic E-state index is 11.3. The van der Waals surface area contributed by atoms with Crippen LogP contribution >= 0.6 is 0 Å². The first-order chi connectivity index (χ1) is 5.27. The van der Waals surface area contributed by atoms with Gasteiger partial charge in [0.2, 0.25) is 0 Å². The van der Waals surface area contributed by atoms with Crippen LogP contribution in [0.4, 0.5) is 0 Å². The van der Waals surface area contributed by atoms with Gasteiger partial charge in [-0.2, -0.15) is 0 Å². The number of ether oxygens (including phenoxy) is 1. The van der Waals surface area contributed by atoms with Crippen LogP contribution in [0.2, 0.25) is 0 Å². The van der Waals surface area contributed by atoms with Crippen molar-refractivity contribution in [1.82, 2.24) is 5.32 Å². The number of methoxy groups -OCH3 is 1. The molecule has 0 atom stereocenters. The molecule has 0 unspecified atom stereocenters. The van der Waals surface area contributed by atoms with Crippen LogP contribution in [0.3, 0.4) is 0 Å². The van der Waals surface area contributed by atoms with E-state index >= 15 is 0 Å². The van der Waals surface area contributed by atoms with Crippen molar-refractivity contribution >= 4 is 5.97 Å². The molecule has 11 heavy (non-hydrogen) atoms. The number of hydrogen-bond acceptors (Lipinski definition) is 3. The normalized spacial score (nSPS) is 41.0. The molecule has 1 N–H and O–H groups in total. The predicted octanol–water partition coefficient (Wildman–Crippen LogP) is 0.159. The fourth-order valence-electron chi connectivity index (χ4n) is 2.30. The third-order valence-corrected chi connectivity index (χ3v) is 2.87. The van der Waals surface area contributed by atoms with Gasteiger partial charge < -0.3 is 10.1 Å². The maximum Gasteiger partial charge on any atom is 0.313 e. The molecule has 2 saturated heterocycles. The van der Waals surface area contributed by atoms with Gasteiger partial charge in [0.05, 0.1) is 12.5 Å². The van der Waals surface area contributed by atoms with Crippen LogP contribution in [0.25, 0.3) is 0 Å². The molecule has 3 nitrogen and oxygen atoms in total. The van der Waals surface area contributed by atoms with E-state index in [1.165, 1.54) is 7.11 Å². The Labute approximate surface area is 66.1 Å². The van der Waals surface area contributed by atoms with Crippen LogP contribution in [0.1, 0.15) is 12.8 Å². The summed E-state index contributed by atoms with van der Waals surface area (Å²) in [5, 5.41) is 3.24. The molecule has 0 aromatic carbocycles. The van der Waals surface area contributed by atoms with Gasteiger partial charge in [0.15, 0.2) is 0 Å². The molecule has 1 saturated carbocycles. The fourth-order valence-corrected chi connectivity index (χ4v) is 2.30. The quantitative estimate of drug-likeness (QED) is 0.548. The van der Waals surface area contributed by atoms with Crippen LogP contribution in [0, 0.1) is 11.3 Å². The molecule has 0 aromatic heterocycles. The average Bonchev–Trinajstić information content (AvgIpc) is 2.02. The molecule has 3 heteroatoms. The van der Waals surface area contributed by atoms with E-state index in [1.807, 2.05) is 0 Å². The number of nitrogens with one attached hydrogen (secondary N) is 1. The summed E-state index contributed by atoms with van der Waals surface area (Å²) in [6.45, 7) is 1.90. The highest BCUT2D eigenvalue weighted by molar-refractivity contribution is 5.78. The van der Waals surface area contributed by atoms with Gasteiger partial charge in [-0.15, -0.1) is 0 Å². The van der Waals surface area contributed by atoms with Crippen molar-refractivity contribution in [1.29, 1.82) is 0 Å². The molecule has 0 spiro atoms. The second-order valence-corrected chi connectivity index (χ2v) is 3.68. The summed E-state index contributed by atoms with van der Waals surface area (Å²) in [5.41, 5.74) is -0.141. The lowest BCUT2D eigenvalue weighted by Gasteiger charge is -2.50. The van der Waals surface area contributed by atoms with Gasteiger partial charge in [0.1, 0.15) is 0 Å². The molecule has 3 rings (SSSR count). The van der Waals surface area contributed by atoms with Gasteiger partial charge in [-0.05, 0) is 25.3 Å². The summed E-state index contributed by atoms with van der Waals surface area (Å²) >= 11 is 0. The van der Waals surface area contributed by atoms with E-state index in [0.717, 1.165) is 31.8 Å². The van der Waals surface area contributed by atoms with Crippen molar-refractivity contribution in [2.75, 3.05) is 20.2 Å². The highest BCUT2D eigenvalue weighted by Crippen LogP contribution is 2.48. The summed E-state index contributed by atoms with van der Waals surface area (Å²) in [7, 11) is 1.47. The molecule has 3 aliphatic rings. The Morgan fingerprint density at radius 3 is 2.82 bits per heavy atom. The number of hydrogen-bond donors (Lipinski definition) is 1. The molecular formula is C8H13NO2. The van der Waals surface area contributed by atoms with Crippen LogP contribution in [0.5, 0.6) is 0 Å². The van der Waals surface area contributed by atoms with Gasteiger partial charge in [-0.25, -0.2) is 0 Å². The van der Waals surface area contributed by atoms with E-state index in [0.29, 0.717) is 0 Å². The highest BCUT2D eigenvalue weighted by Gasteiger charge is 2.53. The zero-order valence-corrected chi connectivity index (χ0v) is 6.72. The van der Waals surface area contributed by atoms with Gasteiger partial charge >= 0.3 is 5.97 Å². The molecular weight excluding hydrogens is 142 g/mol.